The Morgan fingerprint density at radius 2 is 2.40 bits per heavy atom. The highest BCUT2D eigenvalue weighted by Crippen LogP contribution is 2.19. The Morgan fingerprint density at radius 1 is 1.55 bits per heavy atom. The van der Waals surface area contributed by atoms with Crippen LogP contribution in [0.3, 0.4) is 0 Å². The molecule has 1 saturated heterocycles. The number of likely N-dealkylation sites (N-methyl/N-ethyl adjacent to an activating group) is 1. The Kier molecular flexibility index (Phi) is 4.46. The van der Waals surface area contributed by atoms with E-state index in [-0.39, 0.29) is 24.4 Å². The molecule has 0 aliphatic carbocycles. The largest absolute Gasteiger partial charge is 0.463 e. The summed E-state index contributed by atoms with van der Waals surface area (Å²) in [6.07, 6.45) is 2.58. The number of carbonyl (C=O) groups excluding carboxylic acids is 1. The van der Waals surface area contributed by atoms with Crippen LogP contribution in [0.2, 0.25) is 0 Å². The summed E-state index contributed by atoms with van der Waals surface area (Å²) in [5, 5.41) is 10.1. The fourth-order valence-corrected chi connectivity index (χ4v) is 2.31. The first-order valence-corrected chi connectivity index (χ1v) is 6.33. The van der Waals surface area contributed by atoms with E-state index >= 15 is 0 Å². The second-order valence-corrected chi connectivity index (χ2v) is 4.71. The lowest BCUT2D eigenvalue weighted by molar-refractivity contribution is 0.0738. The fourth-order valence-electron chi connectivity index (χ4n) is 2.31. The molecule has 1 aliphatic heterocycles. The third-order valence-electron chi connectivity index (χ3n) is 3.49. The summed E-state index contributed by atoms with van der Waals surface area (Å²) < 4.78 is 5.27. The molecule has 2 aromatic heterocycles. The van der Waals surface area contributed by atoms with Gasteiger partial charge in [-0.25, -0.2) is 0 Å². The van der Waals surface area contributed by atoms with Gasteiger partial charge in [-0.05, 0) is 25.1 Å². The van der Waals surface area contributed by atoms with Gasteiger partial charge in [-0.1, -0.05) is 0 Å². The summed E-state index contributed by atoms with van der Waals surface area (Å²) in [5.41, 5.74) is 1.13. The van der Waals surface area contributed by atoms with E-state index in [2.05, 4.69) is 15.5 Å². The number of aromatic amines is 1. The summed E-state index contributed by atoms with van der Waals surface area (Å²) in [4.78, 5) is 14.1. The van der Waals surface area contributed by atoms with Gasteiger partial charge in [0.1, 0.15) is 5.69 Å². The first-order chi connectivity index (χ1) is 9.25. The summed E-state index contributed by atoms with van der Waals surface area (Å²) in [6.45, 7) is 1.80. The lowest BCUT2D eigenvalue weighted by atomic mass is 10.2. The van der Waals surface area contributed by atoms with E-state index in [0.29, 0.717) is 17.1 Å². The molecule has 2 N–H and O–H groups in total. The van der Waals surface area contributed by atoms with E-state index in [1.54, 1.807) is 23.3 Å². The molecule has 0 spiro atoms. The number of rotatable bonds is 3. The van der Waals surface area contributed by atoms with Crippen LogP contribution >= 0.6 is 12.4 Å². The average Bonchev–Trinajstić information content (AvgIpc) is 3.16. The molecule has 1 amide bonds. The maximum absolute atomic E-state index is 12.3. The monoisotopic (exact) mass is 296 g/mol. The standard InChI is InChI=1S/C13H16N4O2.ClH/c1-17(9-4-5-14-8-9)13(18)11-7-10(15-16-11)12-3-2-6-19-12;/h2-3,6-7,9,14H,4-5,8H2,1H3,(H,15,16);1H. The minimum absolute atomic E-state index is 0. The van der Waals surface area contributed by atoms with Crippen LogP contribution in [0.5, 0.6) is 0 Å². The third kappa shape index (κ3) is 2.71. The van der Waals surface area contributed by atoms with Crippen molar-refractivity contribution in [3.05, 3.63) is 30.2 Å². The zero-order valence-corrected chi connectivity index (χ0v) is 11.9. The molecule has 3 rings (SSSR count). The lowest BCUT2D eigenvalue weighted by Crippen LogP contribution is -2.38. The lowest BCUT2D eigenvalue weighted by Gasteiger charge is -2.22. The molecule has 1 aliphatic rings. The molecular formula is C13H17ClN4O2. The normalized spacial score (nSPS) is 17.8. The van der Waals surface area contributed by atoms with Gasteiger partial charge in [-0.15, -0.1) is 12.4 Å². The van der Waals surface area contributed by atoms with Crippen LogP contribution < -0.4 is 5.32 Å². The molecule has 0 saturated carbocycles. The van der Waals surface area contributed by atoms with Gasteiger partial charge < -0.3 is 14.6 Å². The van der Waals surface area contributed by atoms with Gasteiger partial charge in [-0.3, -0.25) is 9.89 Å². The van der Waals surface area contributed by atoms with Gasteiger partial charge in [0.25, 0.3) is 5.91 Å². The Labute approximate surface area is 122 Å². The molecule has 0 aromatic carbocycles. The Balaban J connectivity index is 0.00000147. The first kappa shape index (κ1) is 14.6. The van der Waals surface area contributed by atoms with Gasteiger partial charge >= 0.3 is 0 Å². The van der Waals surface area contributed by atoms with Crippen molar-refractivity contribution in [1.29, 1.82) is 0 Å². The van der Waals surface area contributed by atoms with E-state index in [4.69, 9.17) is 4.42 Å². The molecule has 6 nitrogen and oxygen atoms in total. The van der Waals surface area contributed by atoms with E-state index in [1.165, 1.54) is 0 Å². The summed E-state index contributed by atoms with van der Waals surface area (Å²) in [5.74, 6) is 0.611. The number of hydrogen-bond donors (Lipinski definition) is 2. The zero-order chi connectivity index (χ0) is 13.2. The van der Waals surface area contributed by atoms with Crippen LogP contribution in [-0.4, -0.2) is 47.2 Å². The molecule has 2 aromatic rings. The second kappa shape index (κ2) is 6.11. The van der Waals surface area contributed by atoms with E-state index in [9.17, 15) is 4.79 Å². The zero-order valence-electron chi connectivity index (χ0n) is 11.1. The third-order valence-corrected chi connectivity index (χ3v) is 3.49. The quantitative estimate of drug-likeness (QED) is 0.901. The van der Waals surface area contributed by atoms with Crippen LogP contribution in [0.1, 0.15) is 16.9 Å². The Bertz CT molecular complexity index is 561. The minimum Gasteiger partial charge on any atom is -0.463 e. The van der Waals surface area contributed by atoms with Crippen molar-refractivity contribution in [2.75, 3.05) is 20.1 Å². The highest BCUT2D eigenvalue weighted by Gasteiger charge is 2.25. The maximum atomic E-state index is 12.3. The number of amides is 1. The Morgan fingerprint density at radius 3 is 3.05 bits per heavy atom. The van der Waals surface area contributed by atoms with Crippen molar-refractivity contribution in [1.82, 2.24) is 20.4 Å². The molecule has 1 atom stereocenters. The highest BCUT2D eigenvalue weighted by molar-refractivity contribution is 5.93. The molecule has 20 heavy (non-hydrogen) atoms. The van der Waals surface area contributed by atoms with E-state index in [1.807, 2.05) is 13.1 Å². The number of nitrogens with one attached hydrogen (secondary N) is 2. The van der Waals surface area contributed by atoms with Crippen LogP contribution in [0.15, 0.2) is 28.9 Å². The molecular weight excluding hydrogens is 280 g/mol. The van der Waals surface area contributed by atoms with Gasteiger partial charge in [-0.2, -0.15) is 5.10 Å². The van der Waals surface area contributed by atoms with Gasteiger partial charge in [0, 0.05) is 25.7 Å². The van der Waals surface area contributed by atoms with Crippen molar-refractivity contribution in [3.8, 4) is 11.5 Å². The first-order valence-electron chi connectivity index (χ1n) is 6.33. The molecule has 0 radical (unpaired) electrons. The van der Waals surface area contributed by atoms with Gasteiger partial charge in [0.05, 0.1) is 6.26 Å². The minimum atomic E-state index is -0.0669. The number of nitrogens with zero attached hydrogens (tertiary/aromatic N) is 2. The van der Waals surface area contributed by atoms with Crippen LogP contribution in [0.4, 0.5) is 0 Å². The van der Waals surface area contributed by atoms with Crippen LogP contribution in [0, 0.1) is 0 Å². The molecule has 1 unspecified atom stereocenters. The van der Waals surface area contributed by atoms with Crippen LogP contribution in [0.25, 0.3) is 11.5 Å². The Hall–Kier alpha value is -1.79. The van der Waals surface area contributed by atoms with Gasteiger partial charge in [0.2, 0.25) is 0 Å². The summed E-state index contributed by atoms with van der Waals surface area (Å²) in [6, 6.07) is 5.59. The highest BCUT2D eigenvalue weighted by atomic mass is 35.5. The van der Waals surface area contributed by atoms with E-state index < -0.39 is 0 Å². The van der Waals surface area contributed by atoms with Crippen molar-refractivity contribution < 1.29 is 9.21 Å². The number of aromatic nitrogens is 2. The van der Waals surface area contributed by atoms with Crippen molar-refractivity contribution >= 4 is 18.3 Å². The van der Waals surface area contributed by atoms with Crippen LogP contribution in [-0.2, 0) is 0 Å². The average molecular weight is 297 g/mol. The molecule has 7 heteroatoms. The topological polar surface area (TPSA) is 74.2 Å². The number of halogens is 1. The fraction of sp³-hybridized carbons (Fsp3) is 0.385. The number of carbonyl (C=O) groups is 1. The SMILES string of the molecule is CN(C(=O)c1cc(-c2ccco2)[nH]n1)C1CCNC1.Cl. The molecule has 1 fully saturated rings. The smallest absolute Gasteiger partial charge is 0.274 e. The number of hydrogen-bond acceptors (Lipinski definition) is 4. The maximum Gasteiger partial charge on any atom is 0.274 e. The van der Waals surface area contributed by atoms with Crippen molar-refractivity contribution in [3.63, 3.8) is 0 Å². The predicted molar refractivity (Wildman–Crippen MR) is 76.9 cm³/mol. The van der Waals surface area contributed by atoms with Crippen molar-refractivity contribution in [2.24, 2.45) is 0 Å². The van der Waals surface area contributed by atoms with Crippen molar-refractivity contribution in [2.45, 2.75) is 12.5 Å². The predicted octanol–water partition coefficient (Wildman–Crippen LogP) is 1.53. The number of furan rings is 1. The number of H-pyrrole nitrogens is 1. The van der Waals surface area contributed by atoms with Gasteiger partial charge in [0.15, 0.2) is 11.5 Å². The molecule has 3 heterocycles. The molecule has 0 bridgehead atoms. The van der Waals surface area contributed by atoms with E-state index in [0.717, 1.165) is 19.5 Å². The summed E-state index contributed by atoms with van der Waals surface area (Å²) >= 11 is 0. The molecule has 108 valence electrons. The second-order valence-electron chi connectivity index (χ2n) is 4.71. The summed E-state index contributed by atoms with van der Waals surface area (Å²) in [7, 11) is 1.82.